The minimum absolute atomic E-state index is 0.245. The van der Waals surface area contributed by atoms with Gasteiger partial charge < -0.3 is 10.3 Å². The van der Waals surface area contributed by atoms with Crippen LogP contribution in [0.1, 0.15) is 13.8 Å². The van der Waals surface area contributed by atoms with Crippen LogP contribution >= 0.6 is 27.7 Å². The highest BCUT2D eigenvalue weighted by atomic mass is 79.9. The summed E-state index contributed by atoms with van der Waals surface area (Å²) < 4.78 is 3.20. The fraction of sp³-hybridized carbons (Fsp3) is 0.333. The number of imidazole rings is 1. The van der Waals surface area contributed by atoms with E-state index in [0.29, 0.717) is 5.92 Å². The highest BCUT2D eigenvalue weighted by Crippen LogP contribution is 2.28. The van der Waals surface area contributed by atoms with Crippen molar-refractivity contribution in [2.75, 3.05) is 5.75 Å². The molecule has 0 saturated heterocycles. The van der Waals surface area contributed by atoms with Crippen LogP contribution in [0.4, 0.5) is 0 Å². The van der Waals surface area contributed by atoms with Gasteiger partial charge in [0.1, 0.15) is 0 Å². The number of rotatable bonds is 6. The Labute approximate surface area is 137 Å². The number of amides is 1. The zero-order chi connectivity index (χ0) is 15.4. The number of carbonyl (C=O) groups is 1. The summed E-state index contributed by atoms with van der Waals surface area (Å²) in [7, 11) is 0. The highest BCUT2D eigenvalue weighted by molar-refractivity contribution is 9.10. The predicted octanol–water partition coefficient (Wildman–Crippen LogP) is 3.55. The second kappa shape index (κ2) is 7.13. The Morgan fingerprint density at radius 3 is 2.62 bits per heavy atom. The largest absolute Gasteiger partial charge is 0.369 e. The zero-order valence-electron chi connectivity index (χ0n) is 12.0. The topological polar surface area (TPSA) is 60.9 Å². The van der Waals surface area contributed by atoms with E-state index >= 15 is 0 Å². The summed E-state index contributed by atoms with van der Waals surface area (Å²) >= 11 is 4.83. The minimum atomic E-state index is -0.329. The number of nitrogens with zero attached hydrogens (tertiary/aromatic N) is 2. The Morgan fingerprint density at radius 2 is 2.05 bits per heavy atom. The molecule has 112 valence electrons. The number of hydrogen-bond donors (Lipinski definition) is 1. The maximum Gasteiger partial charge on any atom is 0.227 e. The smallest absolute Gasteiger partial charge is 0.227 e. The number of benzene rings is 1. The molecular formula is C15H18BrN3OS. The van der Waals surface area contributed by atoms with Crippen LogP contribution in [0.15, 0.2) is 40.1 Å². The zero-order valence-corrected chi connectivity index (χ0v) is 14.4. The summed E-state index contributed by atoms with van der Waals surface area (Å²) in [5.41, 5.74) is 7.39. The summed E-state index contributed by atoms with van der Waals surface area (Å²) in [4.78, 5) is 15.4. The first-order chi connectivity index (χ1) is 9.97. The third kappa shape index (κ3) is 4.35. The van der Waals surface area contributed by atoms with Gasteiger partial charge in [0.2, 0.25) is 5.91 Å². The minimum Gasteiger partial charge on any atom is -0.369 e. The van der Waals surface area contributed by atoms with Crippen molar-refractivity contribution < 1.29 is 4.79 Å². The molecule has 0 spiro atoms. The van der Waals surface area contributed by atoms with Gasteiger partial charge in [-0.25, -0.2) is 4.98 Å². The maximum atomic E-state index is 11.0. The number of nitrogens with two attached hydrogens (primary N) is 1. The van der Waals surface area contributed by atoms with Crippen molar-refractivity contribution in [1.29, 1.82) is 0 Å². The van der Waals surface area contributed by atoms with Crippen LogP contribution in [-0.4, -0.2) is 21.2 Å². The first-order valence-electron chi connectivity index (χ1n) is 6.70. The maximum absolute atomic E-state index is 11.0. The first kappa shape index (κ1) is 16.1. The third-order valence-electron chi connectivity index (χ3n) is 2.85. The number of primary amides is 1. The molecule has 2 aromatic rings. The van der Waals surface area contributed by atoms with Gasteiger partial charge in [-0.3, -0.25) is 4.79 Å². The molecule has 1 aromatic heterocycles. The van der Waals surface area contributed by atoms with Crippen LogP contribution in [0.2, 0.25) is 0 Å². The molecule has 2 rings (SSSR count). The van der Waals surface area contributed by atoms with Crippen LogP contribution in [-0.2, 0) is 11.3 Å². The van der Waals surface area contributed by atoms with E-state index in [2.05, 4.69) is 51.5 Å². The van der Waals surface area contributed by atoms with E-state index in [-0.39, 0.29) is 11.7 Å². The first-order valence-corrected chi connectivity index (χ1v) is 8.47. The van der Waals surface area contributed by atoms with Gasteiger partial charge in [0.25, 0.3) is 0 Å². The lowest BCUT2D eigenvalue weighted by atomic mass is 10.1. The van der Waals surface area contributed by atoms with Gasteiger partial charge in [-0.1, -0.05) is 53.7 Å². The van der Waals surface area contributed by atoms with Gasteiger partial charge in [-0.2, -0.15) is 0 Å². The molecule has 21 heavy (non-hydrogen) atoms. The lowest BCUT2D eigenvalue weighted by Gasteiger charge is -2.14. The van der Waals surface area contributed by atoms with Crippen molar-refractivity contribution in [3.63, 3.8) is 0 Å². The average Bonchev–Trinajstić information content (AvgIpc) is 2.79. The molecule has 0 saturated carbocycles. The van der Waals surface area contributed by atoms with Crippen molar-refractivity contribution in [3.05, 3.63) is 34.9 Å². The van der Waals surface area contributed by atoms with Crippen molar-refractivity contribution in [1.82, 2.24) is 9.55 Å². The second-order valence-corrected chi connectivity index (χ2v) is 7.05. The van der Waals surface area contributed by atoms with Crippen molar-refractivity contribution in [3.8, 4) is 11.3 Å². The van der Waals surface area contributed by atoms with Gasteiger partial charge in [0.05, 0.1) is 17.6 Å². The second-order valence-electron chi connectivity index (χ2n) is 5.19. The number of hydrogen-bond acceptors (Lipinski definition) is 3. The highest BCUT2D eigenvalue weighted by Gasteiger charge is 2.14. The summed E-state index contributed by atoms with van der Waals surface area (Å²) in [6.45, 7) is 5.17. The molecule has 0 atom stereocenters. The monoisotopic (exact) mass is 367 g/mol. The molecule has 0 aliphatic carbocycles. The average molecular weight is 368 g/mol. The molecule has 4 nitrogen and oxygen atoms in total. The van der Waals surface area contributed by atoms with Crippen LogP contribution < -0.4 is 5.73 Å². The van der Waals surface area contributed by atoms with Crippen molar-refractivity contribution >= 4 is 33.6 Å². The molecular weight excluding hydrogens is 350 g/mol. The van der Waals surface area contributed by atoms with Gasteiger partial charge in [-0.05, 0) is 23.6 Å². The summed E-state index contributed by atoms with van der Waals surface area (Å²) in [5, 5.41) is 0.834. The van der Waals surface area contributed by atoms with Crippen LogP contribution in [0.3, 0.4) is 0 Å². The van der Waals surface area contributed by atoms with E-state index in [1.807, 2.05) is 18.3 Å². The summed E-state index contributed by atoms with van der Waals surface area (Å²) in [5.74, 6) is 0.403. The lowest BCUT2D eigenvalue weighted by Crippen LogP contribution is -2.14. The van der Waals surface area contributed by atoms with E-state index in [4.69, 9.17) is 5.73 Å². The fourth-order valence-corrected chi connectivity index (χ4v) is 2.99. The fourth-order valence-electron chi connectivity index (χ4n) is 2.00. The van der Waals surface area contributed by atoms with Crippen LogP contribution in [0, 0.1) is 5.92 Å². The van der Waals surface area contributed by atoms with E-state index in [0.717, 1.165) is 27.4 Å². The van der Waals surface area contributed by atoms with Gasteiger partial charge in [0, 0.05) is 11.0 Å². The third-order valence-corrected chi connectivity index (χ3v) is 4.39. The Morgan fingerprint density at radius 1 is 1.38 bits per heavy atom. The molecule has 0 aliphatic rings. The predicted molar refractivity (Wildman–Crippen MR) is 90.1 cm³/mol. The molecule has 0 radical (unpaired) electrons. The van der Waals surface area contributed by atoms with Gasteiger partial charge in [0.15, 0.2) is 5.16 Å². The molecule has 2 N–H and O–H groups in total. The number of thioether (sulfide) groups is 1. The Kier molecular flexibility index (Phi) is 5.47. The summed E-state index contributed by atoms with van der Waals surface area (Å²) in [6, 6.07) is 8.14. The van der Waals surface area contributed by atoms with E-state index in [1.54, 1.807) is 0 Å². The Bertz CT molecular complexity index is 622. The number of carbonyl (C=O) groups excluding carboxylic acids is 1. The molecule has 0 unspecified atom stereocenters. The molecule has 0 fully saturated rings. The SMILES string of the molecule is CC(C)Cn1c(-c2ccc(Br)cc2)cnc1SCC(N)=O. The van der Waals surface area contributed by atoms with E-state index < -0.39 is 0 Å². The Balaban J connectivity index is 2.35. The van der Waals surface area contributed by atoms with E-state index in [1.165, 1.54) is 11.8 Å². The molecule has 1 amide bonds. The Hall–Kier alpha value is -1.27. The van der Waals surface area contributed by atoms with Gasteiger partial charge >= 0.3 is 0 Å². The van der Waals surface area contributed by atoms with Gasteiger partial charge in [-0.15, -0.1) is 0 Å². The molecule has 0 bridgehead atoms. The van der Waals surface area contributed by atoms with Crippen LogP contribution in [0.25, 0.3) is 11.3 Å². The number of aromatic nitrogens is 2. The van der Waals surface area contributed by atoms with Crippen molar-refractivity contribution in [2.24, 2.45) is 11.7 Å². The van der Waals surface area contributed by atoms with Crippen LogP contribution in [0.5, 0.6) is 0 Å². The quantitative estimate of drug-likeness (QED) is 0.794. The lowest BCUT2D eigenvalue weighted by molar-refractivity contribution is -0.115. The number of halogens is 1. The normalized spacial score (nSPS) is 11.0. The summed E-state index contributed by atoms with van der Waals surface area (Å²) in [6.07, 6.45) is 1.86. The van der Waals surface area contributed by atoms with E-state index in [9.17, 15) is 4.79 Å². The molecule has 6 heteroatoms. The molecule has 1 heterocycles. The molecule has 0 aliphatic heterocycles. The standard InChI is InChI=1S/C15H18BrN3OS/c1-10(2)8-19-13(11-3-5-12(16)6-4-11)7-18-15(19)21-9-14(17)20/h3-7,10H,8-9H2,1-2H3,(H2,17,20). The molecule has 1 aromatic carbocycles. The van der Waals surface area contributed by atoms with Crippen molar-refractivity contribution in [2.45, 2.75) is 25.5 Å².